The van der Waals surface area contributed by atoms with Crippen LogP contribution in [0, 0.1) is 6.92 Å². The summed E-state index contributed by atoms with van der Waals surface area (Å²) in [7, 11) is -4.46. The number of aromatic hydroxyl groups is 1. The summed E-state index contributed by atoms with van der Waals surface area (Å²) in [6.07, 6.45) is 0.325. The lowest BCUT2D eigenvalue weighted by atomic mass is 10.0. The minimum atomic E-state index is -4.46. The number of hydrogen-bond acceptors (Lipinski definition) is 5. The molecule has 0 saturated heterocycles. The van der Waals surface area contributed by atoms with Gasteiger partial charge in [-0.15, -0.1) is 0 Å². The summed E-state index contributed by atoms with van der Waals surface area (Å²) in [6.45, 7) is 2.00. The lowest BCUT2D eigenvalue weighted by Gasteiger charge is -2.18. The van der Waals surface area contributed by atoms with E-state index in [-0.39, 0.29) is 22.5 Å². The molecule has 0 spiro atoms. The van der Waals surface area contributed by atoms with Crippen LogP contribution in [0.25, 0.3) is 0 Å². The highest BCUT2D eigenvalue weighted by atomic mass is 31.2. The molecule has 1 rings (SSSR count). The topological polar surface area (TPSA) is 128 Å². The molecule has 100 valence electrons. The highest BCUT2D eigenvalue weighted by Gasteiger charge is 2.31. The number of aliphatic hydroxyl groups is 1. The van der Waals surface area contributed by atoms with Gasteiger partial charge in [0.2, 0.25) is 0 Å². The lowest BCUT2D eigenvalue weighted by Crippen LogP contribution is -2.09. The molecule has 0 amide bonds. The molecule has 7 nitrogen and oxygen atoms in total. The molecule has 0 aliphatic carbocycles. The van der Waals surface area contributed by atoms with Crippen molar-refractivity contribution >= 4 is 13.9 Å². The number of aliphatic hydroxyl groups excluding tert-OH is 1. The van der Waals surface area contributed by atoms with Crippen molar-refractivity contribution in [3.63, 3.8) is 0 Å². The highest BCUT2D eigenvalue weighted by molar-refractivity contribution is 7.52. The summed E-state index contributed by atoms with van der Waals surface area (Å²) >= 11 is 0. The summed E-state index contributed by atoms with van der Waals surface area (Å²) in [4.78, 5) is 33.0. The normalized spacial score (nSPS) is 13.4. The minimum Gasteiger partial charge on any atom is -0.505 e. The Bertz CT molecular complexity index is 524. The zero-order chi connectivity index (χ0) is 14.1. The Balaban J connectivity index is 3.59. The molecule has 1 atom stereocenters. The quantitative estimate of drug-likeness (QED) is 0.469. The van der Waals surface area contributed by atoms with Crippen LogP contribution in [-0.4, -0.2) is 31.3 Å². The molecular formula is C10H14NO6P. The van der Waals surface area contributed by atoms with Crippen molar-refractivity contribution < 1.29 is 29.4 Å². The second kappa shape index (κ2) is 5.16. The Morgan fingerprint density at radius 2 is 2.00 bits per heavy atom. The van der Waals surface area contributed by atoms with E-state index in [9.17, 15) is 19.6 Å². The summed E-state index contributed by atoms with van der Waals surface area (Å²) in [6, 6.07) is 0. The smallest absolute Gasteiger partial charge is 0.334 e. The van der Waals surface area contributed by atoms with Crippen molar-refractivity contribution in [3.05, 3.63) is 22.5 Å². The molecule has 18 heavy (non-hydrogen) atoms. The number of nitrogens with zero attached hydrogens (tertiary/aromatic N) is 1. The van der Waals surface area contributed by atoms with E-state index in [1.807, 2.05) is 0 Å². The van der Waals surface area contributed by atoms with Gasteiger partial charge < -0.3 is 20.0 Å². The lowest BCUT2D eigenvalue weighted by molar-refractivity contribution is 0.111. The van der Waals surface area contributed by atoms with E-state index in [0.29, 0.717) is 6.29 Å². The third-order valence-corrected chi connectivity index (χ3v) is 3.95. The van der Waals surface area contributed by atoms with Crippen molar-refractivity contribution in [2.24, 2.45) is 0 Å². The van der Waals surface area contributed by atoms with Crippen LogP contribution in [0.15, 0.2) is 0 Å². The van der Waals surface area contributed by atoms with Gasteiger partial charge in [-0.25, -0.2) is 0 Å². The summed E-state index contributed by atoms with van der Waals surface area (Å²) < 4.78 is 11.2. The van der Waals surface area contributed by atoms with Crippen LogP contribution < -0.4 is 0 Å². The van der Waals surface area contributed by atoms with Crippen LogP contribution in [0.3, 0.4) is 0 Å². The van der Waals surface area contributed by atoms with Gasteiger partial charge in [0.15, 0.2) is 6.29 Å². The Labute approximate surface area is 103 Å². The number of hydrogen-bond donors (Lipinski definition) is 4. The molecule has 0 fully saturated rings. The molecule has 0 radical (unpaired) electrons. The van der Waals surface area contributed by atoms with Gasteiger partial charge in [-0.2, -0.15) is 0 Å². The Morgan fingerprint density at radius 3 is 2.39 bits per heavy atom. The first-order valence-electron chi connectivity index (χ1n) is 5.07. The number of carbonyl (C=O) groups is 1. The van der Waals surface area contributed by atoms with E-state index in [1.165, 1.54) is 13.8 Å². The Kier molecular flexibility index (Phi) is 4.24. The Morgan fingerprint density at radius 1 is 1.44 bits per heavy atom. The maximum absolute atomic E-state index is 11.2. The van der Waals surface area contributed by atoms with Gasteiger partial charge in [0.1, 0.15) is 11.4 Å². The predicted octanol–water partition coefficient (Wildman–Crippen LogP) is 0.639. The van der Waals surface area contributed by atoms with E-state index in [0.717, 1.165) is 0 Å². The van der Waals surface area contributed by atoms with E-state index in [4.69, 9.17) is 9.79 Å². The molecule has 0 aliphatic heterocycles. The van der Waals surface area contributed by atoms with Crippen molar-refractivity contribution in [1.82, 2.24) is 4.98 Å². The average Bonchev–Trinajstić information content (AvgIpc) is 2.29. The molecular weight excluding hydrogens is 261 g/mol. The fourth-order valence-electron chi connectivity index (χ4n) is 1.57. The minimum absolute atomic E-state index is 0.0658. The maximum atomic E-state index is 11.2. The average molecular weight is 275 g/mol. The predicted molar refractivity (Wildman–Crippen MR) is 62.4 cm³/mol. The molecule has 0 bridgehead atoms. The van der Waals surface area contributed by atoms with Gasteiger partial charge in [-0.05, 0) is 13.8 Å². The van der Waals surface area contributed by atoms with Crippen LogP contribution in [-0.2, 0) is 11.2 Å². The largest absolute Gasteiger partial charge is 0.505 e. The number of aldehydes is 1. The third kappa shape index (κ3) is 2.59. The molecule has 1 heterocycles. The van der Waals surface area contributed by atoms with Crippen LogP contribution in [0.5, 0.6) is 5.75 Å². The van der Waals surface area contributed by atoms with Gasteiger partial charge in [-0.3, -0.25) is 14.3 Å². The number of aryl methyl sites for hydroxylation is 1. The van der Waals surface area contributed by atoms with E-state index >= 15 is 0 Å². The van der Waals surface area contributed by atoms with Crippen LogP contribution >= 0.6 is 7.60 Å². The molecule has 1 aromatic rings. The number of aromatic nitrogens is 1. The first kappa shape index (κ1) is 14.8. The zero-order valence-corrected chi connectivity index (χ0v) is 10.8. The number of rotatable bonds is 4. The maximum Gasteiger partial charge on any atom is 0.334 e. The molecule has 1 unspecified atom stereocenters. The van der Waals surface area contributed by atoms with Gasteiger partial charge in [0, 0.05) is 5.56 Å². The van der Waals surface area contributed by atoms with Crippen LogP contribution in [0.1, 0.15) is 39.9 Å². The van der Waals surface area contributed by atoms with E-state index in [1.54, 1.807) is 0 Å². The second-order valence-corrected chi connectivity index (χ2v) is 5.82. The highest BCUT2D eigenvalue weighted by Crippen LogP contribution is 2.52. The molecule has 8 heteroatoms. The van der Waals surface area contributed by atoms with Crippen LogP contribution in [0.2, 0.25) is 0 Å². The van der Waals surface area contributed by atoms with E-state index in [2.05, 4.69) is 4.98 Å². The summed E-state index contributed by atoms with van der Waals surface area (Å²) in [5, 5.41) is 18.8. The van der Waals surface area contributed by atoms with Gasteiger partial charge in [0.25, 0.3) is 0 Å². The van der Waals surface area contributed by atoms with Gasteiger partial charge in [-0.1, -0.05) is 0 Å². The zero-order valence-electron chi connectivity index (χ0n) is 9.86. The fraction of sp³-hybridized carbons (Fsp3) is 0.400. The van der Waals surface area contributed by atoms with Crippen LogP contribution in [0.4, 0.5) is 0 Å². The second-order valence-electron chi connectivity index (χ2n) is 3.86. The van der Waals surface area contributed by atoms with Gasteiger partial charge >= 0.3 is 7.60 Å². The monoisotopic (exact) mass is 275 g/mol. The molecule has 0 aliphatic rings. The summed E-state index contributed by atoms with van der Waals surface area (Å²) in [5.74, 6) is -0.393. The van der Waals surface area contributed by atoms with E-state index < -0.39 is 25.6 Å². The number of pyridine rings is 1. The van der Waals surface area contributed by atoms with Crippen molar-refractivity contribution in [2.45, 2.75) is 26.1 Å². The Hall–Kier alpha value is -1.27. The van der Waals surface area contributed by atoms with Crippen molar-refractivity contribution in [1.29, 1.82) is 0 Å². The molecule has 0 aromatic carbocycles. The molecule has 1 aromatic heterocycles. The third-order valence-electron chi connectivity index (χ3n) is 2.70. The van der Waals surface area contributed by atoms with Crippen molar-refractivity contribution in [3.8, 4) is 5.75 Å². The standard InChI is InChI=1S/C10H14NO6P/c1-5-10(14)8(4-13)7(3-12)9(11-5)6(2)18(15,16)17/h4,6,12,14H,3H2,1-2H3,(H2,15,16,17). The SMILES string of the molecule is Cc1nc(C(C)P(=O)(O)O)c(CO)c(C=O)c1O. The van der Waals surface area contributed by atoms with Crippen molar-refractivity contribution in [2.75, 3.05) is 0 Å². The fourth-order valence-corrected chi connectivity index (χ4v) is 2.11. The molecule has 0 saturated carbocycles. The first-order chi connectivity index (χ1) is 8.23. The first-order valence-corrected chi connectivity index (χ1v) is 6.75. The number of carbonyl (C=O) groups excluding carboxylic acids is 1. The molecule has 4 N–H and O–H groups in total. The van der Waals surface area contributed by atoms with Gasteiger partial charge in [0.05, 0.1) is 23.6 Å². The summed E-state index contributed by atoms with van der Waals surface area (Å²) in [5.41, 5.74) is -1.53.